The van der Waals surface area contributed by atoms with Gasteiger partial charge in [-0.25, -0.2) is 4.98 Å². The minimum atomic E-state index is -4.80. The van der Waals surface area contributed by atoms with Crippen LogP contribution >= 0.6 is 0 Å². The maximum atomic E-state index is 13.2. The summed E-state index contributed by atoms with van der Waals surface area (Å²) in [5.74, 6) is -0.838. The number of benzene rings is 1. The number of alkyl halides is 3. The second-order valence-corrected chi connectivity index (χ2v) is 6.30. The van der Waals surface area contributed by atoms with E-state index in [0.717, 1.165) is 0 Å². The number of H-pyrrole nitrogens is 1. The van der Waals surface area contributed by atoms with Crippen molar-refractivity contribution in [3.05, 3.63) is 57.3 Å². The number of para-hydroxylation sites is 1. The largest absolute Gasteiger partial charge is 0.433 e. The molecule has 1 aromatic heterocycles. The fraction of sp³-hybridized carbons (Fsp3) is 0.333. The molecule has 1 aliphatic heterocycles. The molecule has 142 valence electrons. The molecule has 27 heavy (non-hydrogen) atoms. The van der Waals surface area contributed by atoms with Gasteiger partial charge in [-0.05, 0) is 25.0 Å². The summed E-state index contributed by atoms with van der Waals surface area (Å²) in [5, 5.41) is 0. The molecule has 9 heteroatoms. The highest BCUT2D eigenvalue weighted by atomic mass is 19.4. The monoisotopic (exact) mass is 379 g/mol. The summed E-state index contributed by atoms with van der Waals surface area (Å²) >= 11 is 0. The first-order valence-corrected chi connectivity index (χ1v) is 8.24. The fourth-order valence-corrected chi connectivity index (χ4v) is 3.12. The molecule has 0 saturated heterocycles. The lowest BCUT2D eigenvalue weighted by Crippen LogP contribution is -2.40. The molecular formula is C18H16F3N3O3. The molecular weight excluding hydrogens is 363 g/mol. The normalized spacial score (nSPS) is 14.2. The molecule has 0 fully saturated rings. The van der Waals surface area contributed by atoms with Crippen molar-refractivity contribution in [3.63, 3.8) is 0 Å². The molecule has 1 aliphatic rings. The number of aryl methyl sites for hydroxylation is 1. The molecule has 1 amide bonds. The Kier molecular flexibility index (Phi) is 4.86. The number of anilines is 1. The number of rotatable bonds is 3. The van der Waals surface area contributed by atoms with Crippen molar-refractivity contribution in [3.8, 4) is 0 Å². The van der Waals surface area contributed by atoms with Gasteiger partial charge in [0.25, 0.3) is 5.56 Å². The first kappa shape index (κ1) is 18.8. The molecule has 0 aliphatic carbocycles. The molecule has 0 radical (unpaired) electrons. The number of carbonyl (C=O) groups is 2. The summed E-state index contributed by atoms with van der Waals surface area (Å²) in [5.41, 5.74) is -1.54. The molecule has 0 saturated carbocycles. The van der Waals surface area contributed by atoms with Crippen LogP contribution in [-0.2, 0) is 28.6 Å². The number of hydrogen-bond donors (Lipinski definition) is 1. The molecule has 1 N–H and O–H groups in total. The third kappa shape index (κ3) is 3.91. The number of nitrogens with one attached hydrogen (secondary N) is 1. The number of aromatic nitrogens is 2. The Bertz CT molecular complexity index is 966. The number of Topliss-reactive ketones (excluding diaryl/α,β-unsaturated/α-hetero) is 1. The summed E-state index contributed by atoms with van der Waals surface area (Å²) < 4.78 is 39.5. The van der Waals surface area contributed by atoms with Gasteiger partial charge < -0.3 is 9.88 Å². The second kappa shape index (κ2) is 6.98. The molecule has 3 rings (SSSR count). The van der Waals surface area contributed by atoms with Gasteiger partial charge in [0.2, 0.25) is 5.91 Å². The third-order valence-corrected chi connectivity index (χ3v) is 4.30. The molecule has 2 aromatic rings. The van der Waals surface area contributed by atoms with Gasteiger partial charge in [0.05, 0.1) is 6.54 Å². The Balaban J connectivity index is 1.85. The Hall–Kier alpha value is -2.97. The summed E-state index contributed by atoms with van der Waals surface area (Å²) in [6, 6.07) is 6.86. The van der Waals surface area contributed by atoms with Crippen molar-refractivity contribution in [2.45, 2.75) is 32.4 Å². The Morgan fingerprint density at radius 2 is 1.96 bits per heavy atom. The Morgan fingerprint density at radius 3 is 2.67 bits per heavy atom. The standard InChI is InChI=1S/C18H16F3N3O3/c1-10-22-16(18(19,20)21)13(17(27)23-10)6-7-15(26)24-9-12(25)8-11-4-2-3-5-14(11)24/h2-5H,6-9H2,1H3,(H,22,23,27). The maximum absolute atomic E-state index is 13.2. The highest BCUT2D eigenvalue weighted by Gasteiger charge is 2.37. The second-order valence-electron chi connectivity index (χ2n) is 6.30. The van der Waals surface area contributed by atoms with Gasteiger partial charge in [-0.15, -0.1) is 0 Å². The van der Waals surface area contributed by atoms with Crippen LogP contribution in [0, 0.1) is 6.92 Å². The SMILES string of the molecule is Cc1nc(C(F)(F)F)c(CCC(=O)N2CC(=O)Cc3ccccc32)c(=O)[nH]1. The van der Waals surface area contributed by atoms with Crippen molar-refractivity contribution >= 4 is 17.4 Å². The quantitative estimate of drug-likeness (QED) is 0.886. The van der Waals surface area contributed by atoms with Crippen molar-refractivity contribution in [1.82, 2.24) is 9.97 Å². The van der Waals surface area contributed by atoms with E-state index in [-0.39, 0.29) is 31.0 Å². The van der Waals surface area contributed by atoms with E-state index in [1.54, 1.807) is 24.3 Å². The number of amides is 1. The maximum Gasteiger partial charge on any atom is 0.433 e. The lowest BCUT2D eigenvalue weighted by molar-refractivity contribution is -0.142. The molecule has 0 bridgehead atoms. The zero-order chi connectivity index (χ0) is 19.8. The van der Waals surface area contributed by atoms with E-state index in [9.17, 15) is 27.6 Å². The van der Waals surface area contributed by atoms with Gasteiger partial charge >= 0.3 is 6.18 Å². The van der Waals surface area contributed by atoms with Gasteiger partial charge in [0, 0.05) is 24.1 Å². The Morgan fingerprint density at radius 1 is 1.26 bits per heavy atom. The van der Waals surface area contributed by atoms with Crippen LogP contribution in [0.4, 0.5) is 18.9 Å². The average molecular weight is 379 g/mol. The zero-order valence-electron chi connectivity index (χ0n) is 14.4. The molecule has 0 spiro atoms. The van der Waals surface area contributed by atoms with Crippen molar-refractivity contribution in [2.75, 3.05) is 11.4 Å². The van der Waals surface area contributed by atoms with Gasteiger partial charge in [-0.3, -0.25) is 14.4 Å². The highest BCUT2D eigenvalue weighted by molar-refractivity contribution is 6.03. The van der Waals surface area contributed by atoms with Gasteiger partial charge in [-0.1, -0.05) is 18.2 Å². The van der Waals surface area contributed by atoms with Crippen LogP contribution in [-0.4, -0.2) is 28.2 Å². The topological polar surface area (TPSA) is 83.1 Å². The predicted octanol–water partition coefficient (Wildman–Crippen LogP) is 2.19. The minimum Gasteiger partial charge on any atom is -0.311 e. The van der Waals surface area contributed by atoms with Gasteiger partial charge in [0.15, 0.2) is 11.5 Å². The van der Waals surface area contributed by atoms with Crippen LogP contribution in [0.5, 0.6) is 0 Å². The fourth-order valence-electron chi connectivity index (χ4n) is 3.12. The van der Waals surface area contributed by atoms with E-state index < -0.39 is 35.3 Å². The van der Waals surface area contributed by atoms with Crippen LogP contribution in [0.1, 0.15) is 29.1 Å². The van der Waals surface area contributed by atoms with Crippen LogP contribution in [0.25, 0.3) is 0 Å². The summed E-state index contributed by atoms with van der Waals surface area (Å²) in [7, 11) is 0. The number of aromatic amines is 1. The van der Waals surface area contributed by atoms with Crippen molar-refractivity contribution in [2.24, 2.45) is 0 Å². The van der Waals surface area contributed by atoms with Crippen molar-refractivity contribution in [1.29, 1.82) is 0 Å². The van der Waals surface area contributed by atoms with Gasteiger partial charge in [0.1, 0.15) is 5.82 Å². The summed E-state index contributed by atoms with van der Waals surface area (Å²) in [4.78, 5) is 43.3. The summed E-state index contributed by atoms with van der Waals surface area (Å²) in [6.45, 7) is 1.12. The van der Waals surface area contributed by atoms with E-state index in [2.05, 4.69) is 9.97 Å². The Labute approximate surface area is 152 Å². The third-order valence-electron chi connectivity index (χ3n) is 4.30. The zero-order valence-corrected chi connectivity index (χ0v) is 14.4. The average Bonchev–Trinajstić information content (AvgIpc) is 2.58. The van der Waals surface area contributed by atoms with E-state index in [1.807, 2.05) is 0 Å². The number of ketones is 1. The number of fused-ring (bicyclic) bond motifs is 1. The molecule has 0 unspecified atom stereocenters. The van der Waals surface area contributed by atoms with Crippen LogP contribution < -0.4 is 10.5 Å². The molecule has 0 atom stereocenters. The molecule has 6 nitrogen and oxygen atoms in total. The van der Waals surface area contributed by atoms with E-state index >= 15 is 0 Å². The van der Waals surface area contributed by atoms with E-state index in [0.29, 0.717) is 11.3 Å². The lowest BCUT2D eigenvalue weighted by Gasteiger charge is -2.28. The minimum absolute atomic E-state index is 0.134. The highest BCUT2D eigenvalue weighted by Crippen LogP contribution is 2.30. The number of hydrogen-bond acceptors (Lipinski definition) is 4. The van der Waals surface area contributed by atoms with Gasteiger partial charge in [-0.2, -0.15) is 13.2 Å². The first-order chi connectivity index (χ1) is 12.7. The number of halogens is 3. The number of nitrogens with zero attached hydrogens (tertiary/aromatic N) is 2. The van der Waals surface area contributed by atoms with Crippen molar-refractivity contribution < 1.29 is 22.8 Å². The lowest BCUT2D eigenvalue weighted by atomic mass is 10.00. The predicted molar refractivity (Wildman–Crippen MR) is 90.4 cm³/mol. The van der Waals surface area contributed by atoms with E-state index in [1.165, 1.54) is 11.8 Å². The summed E-state index contributed by atoms with van der Waals surface area (Å²) in [6.07, 6.45) is -5.37. The first-order valence-electron chi connectivity index (χ1n) is 8.24. The smallest absolute Gasteiger partial charge is 0.311 e. The van der Waals surface area contributed by atoms with E-state index in [4.69, 9.17) is 0 Å². The van der Waals surface area contributed by atoms with Crippen LogP contribution in [0.3, 0.4) is 0 Å². The molecule has 1 aromatic carbocycles. The van der Waals surface area contributed by atoms with Crippen LogP contribution in [0.15, 0.2) is 29.1 Å². The van der Waals surface area contributed by atoms with Crippen LogP contribution in [0.2, 0.25) is 0 Å². The number of carbonyl (C=O) groups excluding carboxylic acids is 2. The molecule has 2 heterocycles.